The van der Waals surface area contributed by atoms with Gasteiger partial charge in [-0.1, -0.05) is 37.3 Å². The quantitative estimate of drug-likeness (QED) is 0.795. The molecule has 1 amide bonds. The summed E-state index contributed by atoms with van der Waals surface area (Å²) in [6, 6.07) is 9.51. The molecule has 1 rings (SSSR count). The van der Waals surface area contributed by atoms with Gasteiger partial charge in [0.25, 0.3) is 0 Å². The number of nitrogens with zero attached hydrogens (tertiary/aromatic N) is 1. The van der Waals surface area contributed by atoms with Crippen LogP contribution in [0, 0.1) is 0 Å². The van der Waals surface area contributed by atoms with Crippen molar-refractivity contribution in [2.75, 3.05) is 20.6 Å². The van der Waals surface area contributed by atoms with Crippen LogP contribution in [0.3, 0.4) is 0 Å². The van der Waals surface area contributed by atoms with Gasteiger partial charge in [0.1, 0.15) is 0 Å². The molecule has 0 saturated carbocycles. The minimum absolute atomic E-state index is 0.0219. The topological polar surface area (TPSA) is 58.4 Å². The molecule has 1 aromatic carbocycles. The van der Waals surface area contributed by atoms with Crippen LogP contribution < -0.4 is 11.1 Å². The van der Waals surface area contributed by atoms with Gasteiger partial charge in [-0.15, -0.1) is 0 Å². The molecule has 1 unspecified atom stereocenters. The fourth-order valence-corrected chi connectivity index (χ4v) is 1.75. The summed E-state index contributed by atoms with van der Waals surface area (Å²) in [7, 11) is 3.98. The number of carbonyl (C=O) groups is 1. The van der Waals surface area contributed by atoms with E-state index in [9.17, 15) is 4.79 Å². The molecule has 0 aliphatic heterocycles. The lowest BCUT2D eigenvalue weighted by Crippen LogP contribution is -2.44. The Hall–Kier alpha value is -1.39. The Bertz CT molecular complexity index is 365. The normalized spacial score (nSPS) is 14.3. The van der Waals surface area contributed by atoms with E-state index in [1.807, 2.05) is 51.4 Å². The Labute approximate surface area is 109 Å². The highest BCUT2D eigenvalue weighted by molar-refractivity contribution is 5.81. The molecule has 0 saturated heterocycles. The predicted molar refractivity (Wildman–Crippen MR) is 74.1 cm³/mol. The van der Waals surface area contributed by atoms with Crippen LogP contribution in [0.5, 0.6) is 0 Å². The summed E-state index contributed by atoms with van der Waals surface area (Å²) < 4.78 is 0. The average Bonchev–Trinajstić information content (AvgIpc) is 2.37. The van der Waals surface area contributed by atoms with E-state index in [2.05, 4.69) is 10.2 Å². The number of carbonyl (C=O) groups excluding carboxylic acids is 1. The van der Waals surface area contributed by atoms with Crippen LogP contribution in [0.25, 0.3) is 0 Å². The van der Waals surface area contributed by atoms with Gasteiger partial charge < -0.3 is 16.0 Å². The second-order valence-corrected chi connectivity index (χ2v) is 4.75. The van der Waals surface area contributed by atoms with Crippen LogP contribution in [0.4, 0.5) is 0 Å². The summed E-state index contributed by atoms with van der Waals surface area (Å²) >= 11 is 0. The maximum atomic E-state index is 11.9. The van der Waals surface area contributed by atoms with E-state index in [0.29, 0.717) is 6.42 Å². The Morgan fingerprint density at radius 3 is 2.44 bits per heavy atom. The van der Waals surface area contributed by atoms with E-state index in [4.69, 9.17) is 5.73 Å². The summed E-state index contributed by atoms with van der Waals surface area (Å²) in [6.07, 6.45) is 0.648. The molecule has 0 radical (unpaired) electrons. The van der Waals surface area contributed by atoms with Gasteiger partial charge in [0, 0.05) is 6.54 Å². The number of hydrogen-bond acceptors (Lipinski definition) is 3. The van der Waals surface area contributed by atoms with E-state index in [0.717, 1.165) is 12.1 Å². The van der Waals surface area contributed by atoms with Crippen molar-refractivity contribution in [2.24, 2.45) is 5.73 Å². The van der Waals surface area contributed by atoms with Crippen LogP contribution in [0.15, 0.2) is 30.3 Å². The van der Waals surface area contributed by atoms with Crippen molar-refractivity contribution < 1.29 is 4.79 Å². The van der Waals surface area contributed by atoms with Crippen molar-refractivity contribution >= 4 is 5.91 Å². The monoisotopic (exact) mass is 249 g/mol. The number of nitrogens with two attached hydrogens (primary N) is 1. The second kappa shape index (κ2) is 7.13. The summed E-state index contributed by atoms with van der Waals surface area (Å²) in [5, 5.41) is 3.01. The molecular weight excluding hydrogens is 226 g/mol. The van der Waals surface area contributed by atoms with Gasteiger partial charge in [0.15, 0.2) is 0 Å². The predicted octanol–water partition coefficient (Wildman–Crippen LogP) is 1.14. The third-order valence-electron chi connectivity index (χ3n) is 2.84. The largest absolute Gasteiger partial charge is 0.347 e. The lowest BCUT2D eigenvalue weighted by atomic mass is 10.1. The van der Waals surface area contributed by atoms with Gasteiger partial charge in [0.2, 0.25) is 5.91 Å². The van der Waals surface area contributed by atoms with Crippen LogP contribution in [-0.2, 0) is 4.79 Å². The van der Waals surface area contributed by atoms with Crippen molar-refractivity contribution in [2.45, 2.75) is 25.4 Å². The molecular formula is C14H23N3O. The van der Waals surface area contributed by atoms with Crippen LogP contribution in [0.1, 0.15) is 24.9 Å². The maximum absolute atomic E-state index is 11.9. The molecule has 3 N–H and O–H groups in total. The highest BCUT2D eigenvalue weighted by atomic mass is 16.2. The van der Waals surface area contributed by atoms with Gasteiger partial charge in [0.05, 0.1) is 12.1 Å². The number of rotatable bonds is 6. The van der Waals surface area contributed by atoms with Gasteiger partial charge in [-0.05, 0) is 26.1 Å². The molecule has 0 bridgehead atoms. The fourth-order valence-electron chi connectivity index (χ4n) is 1.75. The molecule has 4 heteroatoms. The molecule has 18 heavy (non-hydrogen) atoms. The molecule has 0 aromatic heterocycles. The van der Waals surface area contributed by atoms with Crippen molar-refractivity contribution in [3.05, 3.63) is 35.9 Å². The molecule has 0 heterocycles. The number of hydrogen-bond donors (Lipinski definition) is 2. The van der Waals surface area contributed by atoms with Crippen molar-refractivity contribution in [1.29, 1.82) is 0 Å². The van der Waals surface area contributed by atoms with Gasteiger partial charge in [-0.2, -0.15) is 0 Å². The standard InChI is InChI=1S/C14H23N3O/c1-4-12(15)14(18)16-13(10-17(2)3)11-8-6-5-7-9-11/h5-9,12-13H,4,10,15H2,1-3H3,(H,16,18)/t12-,13?/m0/s1. The SMILES string of the molecule is CC[C@H](N)C(=O)NC(CN(C)C)c1ccccc1. The van der Waals surface area contributed by atoms with Gasteiger partial charge >= 0.3 is 0 Å². The summed E-state index contributed by atoms with van der Waals surface area (Å²) in [5.41, 5.74) is 6.85. The van der Waals surface area contributed by atoms with Crippen LogP contribution in [-0.4, -0.2) is 37.5 Å². The number of likely N-dealkylation sites (N-methyl/N-ethyl adjacent to an activating group) is 1. The molecule has 0 spiro atoms. The zero-order chi connectivity index (χ0) is 13.5. The van der Waals surface area contributed by atoms with Gasteiger partial charge in [-0.3, -0.25) is 4.79 Å². The summed E-state index contributed by atoms with van der Waals surface area (Å²) in [5.74, 6) is -0.0896. The zero-order valence-electron chi connectivity index (χ0n) is 11.4. The molecule has 0 fully saturated rings. The van der Waals surface area contributed by atoms with Gasteiger partial charge in [-0.25, -0.2) is 0 Å². The summed E-state index contributed by atoms with van der Waals surface area (Å²) in [6.45, 7) is 2.67. The Kier molecular flexibility index (Phi) is 5.82. The smallest absolute Gasteiger partial charge is 0.237 e. The minimum Gasteiger partial charge on any atom is -0.347 e. The molecule has 0 aliphatic rings. The number of nitrogens with one attached hydrogen (secondary N) is 1. The average molecular weight is 249 g/mol. The zero-order valence-corrected chi connectivity index (χ0v) is 11.4. The first-order valence-electron chi connectivity index (χ1n) is 6.30. The summed E-state index contributed by atoms with van der Waals surface area (Å²) in [4.78, 5) is 13.9. The fraction of sp³-hybridized carbons (Fsp3) is 0.500. The van der Waals surface area contributed by atoms with E-state index >= 15 is 0 Å². The first-order valence-corrected chi connectivity index (χ1v) is 6.30. The van der Waals surface area contributed by atoms with Crippen LogP contribution in [0.2, 0.25) is 0 Å². The van der Waals surface area contributed by atoms with Crippen molar-refractivity contribution in [3.63, 3.8) is 0 Å². The van der Waals surface area contributed by atoms with E-state index in [1.54, 1.807) is 0 Å². The molecule has 1 aromatic rings. The maximum Gasteiger partial charge on any atom is 0.237 e. The second-order valence-electron chi connectivity index (χ2n) is 4.75. The van der Waals surface area contributed by atoms with Crippen molar-refractivity contribution in [3.8, 4) is 0 Å². The third kappa shape index (κ3) is 4.47. The minimum atomic E-state index is -0.432. The number of benzene rings is 1. The number of amides is 1. The first-order chi connectivity index (χ1) is 8.54. The van der Waals surface area contributed by atoms with E-state index < -0.39 is 6.04 Å². The third-order valence-corrected chi connectivity index (χ3v) is 2.84. The molecule has 2 atom stereocenters. The van der Waals surface area contributed by atoms with Crippen molar-refractivity contribution in [1.82, 2.24) is 10.2 Å². The van der Waals surface area contributed by atoms with E-state index in [-0.39, 0.29) is 11.9 Å². The lowest BCUT2D eigenvalue weighted by Gasteiger charge is -2.24. The molecule has 100 valence electrons. The van der Waals surface area contributed by atoms with E-state index in [1.165, 1.54) is 0 Å². The molecule has 0 aliphatic carbocycles. The Morgan fingerprint density at radius 2 is 1.94 bits per heavy atom. The Balaban J connectivity index is 2.77. The highest BCUT2D eigenvalue weighted by Gasteiger charge is 2.18. The first kappa shape index (κ1) is 14.7. The highest BCUT2D eigenvalue weighted by Crippen LogP contribution is 2.13. The molecule has 4 nitrogen and oxygen atoms in total. The van der Waals surface area contributed by atoms with Crippen LogP contribution >= 0.6 is 0 Å². The Morgan fingerprint density at radius 1 is 1.33 bits per heavy atom. The lowest BCUT2D eigenvalue weighted by molar-refractivity contribution is -0.123.